The van der Waals surface area contributed by atoms with Crippen molar-refractivity contribution in [1.29, 1.82) is 0 Å². The Bertz CT molecular complexity index is 750. The Kier molecular flexibility index (Phi) is 8.13. The van der Waals surface area contributed by atoms with Crippen molar-refractivity contribution in [2.45, 2.75) is 93.8 Å². The fourth-order valence-corrected chi connectivity index (χ4v) is 5.46. The van der Waals surface area contributed by atoms with E-state index in [0.29, 0.717) is 0 Å². The zero-order chi connectivity index (χ0) is 18.9. The summed E-state index contributed by atoms with van der Waals surface area (Å²) in [6, 6.07) is 14.8. The Labute approximate surface area is 168 Å². The number of rotatable bonds is 11. The maximum atomic E-state index is 12.8. The minimum atomic E-state index is -1.01. The predicted molar refractivity (Wildman–Crippen MR) is 116 cm³/mol. The van der Waals surface area contributed by atoms with Crippen molar-refractivity contribution in [3.05, 3.63) is 59.2 Å². The molecule has 1 aliphatic rings. The first-order valence-corrected chi connectivity index (χ1v) is 12.1. The van der Waals surface area contributed by atoms with Crippen LogP contribution in [0.3, 0.4) is 0 Å². The van der Waals surface area contributed by atoms with Crippen molar-refractivity contribution in [1.82, 2.24) is 0 Å². The molecule has 0 bridgehead atoms. The first-order valence-electron chi connectivity index (χ1n) is 10.9. The van der Waals surface area contributed by atoms with Crippen molar-refractivity contribution >= 4 is 10.8 Å². The second-order valence-electron chi connectivity index (χ2n) is 7.93. The van der Waals surface area contributed by atoms with Crippen molar-refractivity contribution < 1.29 is 4.21 Å². The SMILES string of the molecule is CCCCCCCCCCCCc1ccc2c(c1)Cc1ccccc1S2=O. The Morgan fingerprint density at radius 3 is 2.11 bits per heavy atom. The van der Waals surface area contributed by atoms with E-state index >= 15 is 0 Å². The number of aryl methyl sites for hydroxylation is 1. The summed E-state index contributed by atoms with van der Waals surface area (Å²) >= 11 is 0. The fraction of sp³-hybridized carbons (Fsp3) is 0.520. The highest BCUT2D eigenvalue weighted by Gasteiger charge is 2.21. The number of hydrogen-bond donors (Lipinski definition) is 0. The summed E-state index contributed by atoms with van der Waals surface area (Å²) in [5.74, 6) is 0. The molecule has 27 heavy (non-hydrogen) atoms. The molecule has 2 aromatic rings. The molecule has 0 spiro atoms. The summed E-state index contributed by atoms with van der Waals surface area (Å²) in [6.07, 6.45) is 15.9. The molecule has 2 aromatic carbocycles. The molecule has 1 atom stereocenters. The van der Waals surface area contributed by atoms with Crippen LogP contribution in [0, 0.1) is 0 Å². The van der Waals surface area contributed by atoms with Crippen molar-refractivity contribution in [3.63, 3.8) is 0 Å². The highest BCUT2D eigenvalue weighted by molar-refractivity contribution is 7.85. The molecule has 0 aromatic heterocycles. The van der Waals surface area contributed by atoms with Gasteiger partial charge in [-0.05, 0) is 48.1 Å². The van der Waals surface area contributed by atoms with Crippen LogP contribution >= 0.6 is 0 Å². The monoisotopic (exact) mass is 382 g/mol. The molecule has 0 amide bonds. The van der Waals surface area contributed by atoms with Crippen LogP contribution in [0.25, 0.3) is 0 Å². The van der Waals surface area contributed by atoms with E-state index in [-0.39, 0.29) is 0 Å². The maximum Gasteiger partial charge on any atom is 0.0855 e. The van der Waals surface area contributed by atoms with E-state index in [0.717, 1.165) is 22.6 Å². The Morgan fingerprint density at radius 2 is 1.37 bits per heavy atom. The van der Waals surface area contributed by atoms with Crippen LogP contribution < -0.4 is 0 Å². The lowest BCUT2D eigenvalue weighted by atomic mass is 9.99. The fourth-order valence-electron chi connectivity index (χ4n) is 4.08. The summed E-state index contributed by atoms with van der Waals surface area (Å²) in [5, 5.41) is 0. The molecule has 0 aliphatic carbocycles. The van der Waals surface area contributed by atoms with Gasteiger partial charge in [0.2, 0.25) is 0 Å². The molecule has 1 aliphatic heterocycles. The zero-order valence-electron chi connectivity index (χ0n) is 16.8. The molecular formula is C25H34OS. The number of hydrogen-bond acceptors (Lipinski definition) is 1. The van der Waals surface area contributed by atoms with Crippen LogP contribution in [-0.2, 0) is 23.6 Å². The van der Waals surface area contributed by atoms with Crippen LogP contribution in [0.15, 0.2) is 52.3 Å². The third-order valence-corrected chi connectivity index (χ3v) is 7.29. The predicted octanol–water partition coefficient (Wildman–Crippen LogP) is 7.22. The number of benzene rings is 2. The van der Waals surface area contributed by atoms with Crippen molar-refractivity contribution in [2.75, 3.05) is 0 Å². The number of unbranched alkanes of at least 4 members (excludes halogenated alkanes) is 9. The van der Waals surface area contributed by atoms with Crippen LogP contribution in [-0.4, -0.2) is 4.21 Å². The largest absolute Gasteiger partial charge is 0.249 e. The van der Waals surface area contributed by atoms with Gasteiger partial charge in [-0.2, -0.15) is 0 Å². The van der Waals surface area contributed by atoms with Gasteiger partial charge in [0.25, 0.3) is 0 Å². The lowest BCUT2D eigenvalue weighted by Gasteiger charge is -2.19. The van der Waals surface area contributed by atoms with Crippen LogP contribution in [0.1, 0.15) is 87.8 Å². The quantitative estimate of drug-likeness (QED) is 0.320. The first kappa shape index (κ1) is 20.3. The smallest absolute Gasteiger partial charge is 0.0855 e. The van der Waals surface area contributed by atoms with Crippen LogP contribution in [0.4, 0.5) is 0 Å². The van der Waals surface area contributed by atoms with Gasteiger partial charge in [-0.25, -0.2) is 4.21 Å². The van der Waals surface area contributed by atoms with Crippen LogP contribution in [0.2, 0.25) is 0 Å². The van der Waals surface area contributed by atoms with Crippen LogP contribution in [0.5, 0.6) is 0 Å². The van der Waals surface area contributed by atoms with Crippen molar-refractivity contribution in [2.24, 2.45) is 0 Å². The van der Waals surface area contributed by atoms with Gasteiger partial charge in [0.1, 0.15) is 0 Å². The van der Waals surface area contributed by atoms with E-state index in [9.17, 15) is 4.21 Å². The van der Waals surface area contributed by atoms with E-state index in [2.05, 4.69) is 37.3 Å². The molecule has 1 unspecified atom stereocenters. The van der Waals surface area contributed by atoms with Gasteiger partial charge in [0, 0.05) is 9.79 Å². The van der Waals surface area contributed by atoms with Gasteiger partial charge < -0.3 is 0 Å². The van der Waals surface area contributed by atoms with E-state index in [1.807, 2.05) is 12.1 Å². The standard InChI is InChI=1S/C25H34OS/c1-2-3-4-5-6-7-8-9-10-11-14-21-17-18-25-23(19-21)20-22-15-12-13-16-24(22)27(25)26/h12-13,15-19H,2-11,14,20H2,1H3. The third kappa shape index (κ3) is 5.78. The third-order valence-electron chi connectivity index (χ3n) is 5.70. The topological polar surface area (TPSA) is 17.1 Å². The van der Waals surface area contributed by atoms with E-state index in [4.69, 9.17) is 0 Å². The molecule has 0 saturated heterocycles. The number of fused-ring (bicyclic) bond motifs is 2. The molecule has 0 N–H and O–H groups in total. The normalized spacial score (nSPS) is 15.4. The van der Waals surface area contributed by atoms with Gasteiger partial charge in [0.05, 0.1) is 10.8 Å². The zero-order valence-corrected chi connectivity index (χ0v) is 17.7. The minimum absolute atomic E-state index is 0.920. The van der Waals surface area contributed by atoms with Gasteiger partial charge >= 0.3 is 0 Å². The summed E-state index contributed by atoms with van der Waals surface area (Å²) in [5.41, 5.74) is 3.89. The lowest BCUT2D eigenvalue weighted by molar-refractivity contribution is 0.556. The molecule has 1 nitrogen and oxygen atoms in total. The highest BCUT2D eigenvalue weighted by Crippen LogP contribution is 2.32. The molecule has 0 saturated carbocycles. The summed E-state index contributed by atoms with van der Waals surface area (Å²) in [6.45, 7) is 2.28. The van der Waals surface area contributed by atoms with E-state index in [1.54, 1.807) is 0 Å². The minimum Gasteiger partial charge on any atom is -0.249 e. The van der Waals surface area contributed by atoms with Gasteiger partial charge in [-0.15, -0.1) is 0 Å². The summed E-state index contributed by atoms with van der Waals surface area (Å²) < 4.78 is 12.8. The molecule has 3 rings (SSSR count). The second kappa shape index (κ2) is 10.8. The summed E-state index contributed by atoms with van der Waals surface area (Å²) in [7, 11) is -1.01. The maximum absolute atomic E-state index is 12.8. The second-order valence-corrected chi connectivity index (χ2v) is 9.34. The van der Waals surface area contributed by atoms with Crippen molar-refractivity contribution in [3.8, 4) is 0 Å². The van der Waals surface area contributed by atoms with E-state index < -0.39 is 10.8 Å². The Morgan fingerprint density at radius 1 is 0.741 bits per heavy atom. The molecule has 0 radical (unpaired) electrons. The Balaban J connectivity index is 1.40. The molecule has 2 heteroatoms. The molecule has 0 fully saturated rings. The first-order chi connectivity index (χ1) is 13.3. The molecule has 146 valence electrons. The average molecular weight is 383 g/mol. The lowest BCUT2D eigenvalue weighted by Crippen LogP contribution is -2.09. The van der Waals surface area contributed by atoms with Gasteiger partial charge in [-0.3, -0.25) is 0 Å². The van der Waals surface area contributed by atoms with Gasteiger partial charge in [0.15, 0.2) is 0 Å². The molecular weight excluding hydrogens is 348 g/mol. The summed E-state index contributed by atoms with van der Waals surface area (Å²) in [4.78, 5) is 2.01. The Hall–Kier alpha value is -1.41. The highest BCUT2D eigenvalue weighted by atomic mass is 32.2. The molecule has 1 heterocycles. The van der Waals surface area contributed by atoms with E-state index in [1.165, 1.54) is 80.9 Å². The average Bonchev–Trinajstić information content (AvgIpc) is 2.69. The van der Waals surface area contributed by atoms with Gasteiger partial charge in [-0.1, -0.05) is 95.0 Å².